The van der Waals surface area contributed by atoms with Gasteiger partial charge in [-0.15, -0.1) is 11.3 Å². The van der Waals surface area contributed by atoms with Gasteiger partial charge in [0.05, 0.1) is 21.3 Å². The van der Waals surface area contributed by atoms with Crippen molar-refractivity contribution in [2.24, 2.45) is 0 Å². The van der Waals surface area contributed by atoms with Crippen LogP contribution in [0.1, 0.15) is 22.0 Å². The summed E-state index contributed by atoms with van der Waals surface area (Å²) in [5.41, 5.74) is 3.75. The topological polar surface area (TPSA) is 68.3 Å². The molecule has 0 aliphatic carbocycles. The number of fused-ring (bicyclic) bond motifs is 1. The number of esters is 1. The van der Waals surface area contributed by atoms with Gasteiger partial charge in [-0.1, -0.05) is 30.3 Å². The summed E-state index contributed by atoms with van der Waals surface area (Å²) in [6.07, 6.45) is -1.16. The number of rotatable bonds is 5. The highest BCUT2D eigenvalue weighted by Crippen LogP contribution is 2.24. The number of nitrogens with zero attached hydrogens (tertiary/aromatic N) is 1. The fourth-order valence-electron chi connectivity index (χ4n) is 2.80. The number of carbonyl (C=O) groups excluding carboxylic acids is 2. The van der Waals surface area contributed by atoms with Crippen LogP contribution in [-0.4, -0.2) is 16.9 Å². The summed E-state index contributed by atoms with van der Waals surface area (Å²) >= 11 is 1.41. The van der Waals surface area contributed by atoms with E-state index in [4.69, 9.17) is 4.74 Å². The summed E-state index contributed by atoms with van der Waals surface area (Å²) in [6, 6.07) is 19.1. The molecule has 0 radical (unpaired) electrons. The summed E-state index contributed by atoms with van der Waals surface area (Å²) in [7, 11) is 0. The summed E-state index contributed by atoms with van der Waals surface area (Å²) < 4.78 is 19.5. The number of aromatic nitrogens is 1. The van der Waals surface area contributed by atoms with E-state index in [-0.39, 0.29) is 0 Å². The van der Waals surface area contributed by atoms with Crippen molar-refractivity contribution in [2.75, 3.05) is 5.32 Å². The fourth-order valence-corrected chi connectivity index (χ4v) is 3.52. The quantitative estimate of drug-likeness (QED) is 0.475. The zero-order valence-electron chi connectivity index (χ0n) is 15.0. The maximum atomic E-state index is 13.1. The van der Waals surface area contributed by atoms with Crippen LogP contribution in [0.2, 0.25) is 0 Å². The summed E-state index contributed by atoms with van der Waals surface area (Å²) in [5, 5.41) is 2.66. The molecule has 0 spiro atoms. The van der Waals surface area contributed by atoms with E-state index in [0.717, 1.165) is 10.2 Å². The van der Waals surface area contributed by atoms with Crippen LogP contribution in [0.4, 0.5) is 10.1 Å². The number of anilines is 1. The molecule has 0 fully saturated rings. The average Bonchev–Trinajstić information content (AvgIpc) is 3.22. The zero-order chi connectivity index (χ0) is 20.2. The van der Waals surface area contributed by atoms with Crippen LogP contribution in [-0.2, 0) is 9.53 Å². The number of hydrogen-bond donors (Lipinski definition) is 1. The van der Waals surface area contributed by atoms with E-state index < -0.39 is 23.8 Å². The van der Waals surface area contributed by atoms with Crippen molar-refractivity contribution < 1.29 is 18.7 Å². The van der Waals surface area contributed by atoms with Gasteiger partial charge in [-0.05, 0) is 42.5 Å². The van der Waals surface area contributed by atoms with Crippen molar-refractivity contribution in [3.8, 4) is 0 Å². The van der Waals surface area contributed by atoms with E-state index in [1.807, 2.05) is 0 Å². The van der Waals surface area contributed by atoms with Gasteiger partial charge in [0.25, 0.3) is 5.91 Å². The van der Waals surface area contributed by atoms with Gasteiger partial charge in [0.2, 0.25) is 6.10 Å². The number of halogens is 1. The van der Waals surface area contributed by atoms with E-state index in [2.05, 4.69) is 10.3 Å². The van der Waals surface area contributed by atoms with Crippen LogP contribution in [0.15, 0.2) is 78.3 Å². The molecule has 1 amide bonds. The lowest BCUT2D eigenvalue weighted by atomic mass is 10.1. The van der Waals surface area contributed by atoms with Gasteiger partial charge >= 0.3 is 5.97 Å². The highest BCUT2D eigenvalue weighted by Gasteiger charge is 2.26. The Morgan fingerprint density at radius 3 is 2.52 bits per heavy atom. The van der Waals surface area contributed by atoms with Crippen LogP contribution in [0.5, 0.6) is 0 Å². The third kappa shape index (κ3) is 4.30. The van der Waals surface area contributed by atoms with E-state index in [1.54, 1.807) is 54.0 Å². The maximum absolute atomic E-state index is 13.1. The molecule has 3 aromatic carbocycles. The lowest BCUT2D eigenvalue weighted by Crippen LogP contribution is -2.26. The van der Waals surface area contributed by atoms with Gasteiger partial charge < -0.3 is 10.1 Å². The minimum absolute atomic E-state index is 0.331. The first-order chi connectivity index (χ1) is 14.1. The molecule has 0 saturated carbocycles. The smallest absolute Gasteiger partial charge is 0.339 e. The lowest BCUT2D eigenvalue weighted by Gasteiger charge is -2.18. The standard InChI is InChI=1S/C22H15FN2O3S/c23-16-7-9-17(10-8-16)25-21(26)20(14-4-2-1-3-5-14)28-22(27)15-6-11-18-19(12-15)29-13-24-18/h1-13,20H,(H,25,26)/t20-/m0/s1. The molecule has 1 aromatic heterocycles. The molecule has 1 N–H and O–H groups in total. The molecular formula is C22H15FN2O3S. The van der Waals surface area contributed by atoms with Crippen molar-refractivity contribution in [2.45, 2.75) is 6.10 Å². The number of amides is 1. The van der Waals surface area contributed by atoms with E-state index in [1.165, 1.54) is 35.6 Å². The largest absolute Gasteiger partial charge is 0.444 e. The molecule has 4 aromatic rings. The van der Waals surface area contributed by atoms with Gasteiger partial charge in [-0.3, -0.25) is 4.79 Å². The van der Waals surface area contributed by atoms with E-state index in [9.17, 15) is 14.0 Å². The van der Waals surface area contributed by atoms with Crippen LogP contribution in [0.3, 0.4) is 0 Å². The van der Waals surface area contributed by atoms with Gasteiger partial charge in [0.15, 0.2) is 0 Å². The average molecular weight is 406 g/mol. The molecule has 0 aliphatic heterocycles. The van der Waals surface area contributed by atoms with Gasteiger partial charge in [-0.2, -0.15) is 0 Å². The maximum Gasteiger partial charge on any atom is 0.339 e. The first kappa shape index (κ1) is 18.8. The molecule has 1 heterocycles. The molecule has 5 nitrogen and oxygen atoms in total. The minimum Gasteiger partial charge on any atom is -0.444 e. The third-order valence-corrected chi connectivity index (χ3v) is 5.04. The molecule has 0 unspecified atom stereocenters. The Balaban J connectivity index is 1.59. The van der Waals surface area contributed by atoms with Gasteiger partial charge in [-0.25, -0.2) is 14.2 Å². The monoisotopic (exact) mass is 406 g/mol. The van der Waals surface area contributed by atoms with Gasteiger partial charge in [0, 0.05) is 11.3 Å². The zero-order valence-corrected chi connectivity index (χ0v) is 15.9. The number of hydrogen-bond acceptors (Lipinski definition) is 5. The van der Waals surface area contributed by atoms with Crippen molar-refractivity contribution >= 4 is 39.1 Å². The normalized spacial score (nSPS) is 11.8. The molecule has 7 heteroatoms. The Bertz CT molecular complexity index is 1160. The Hall–Kier alpha value is -3.58. The molecular weight excluding hydrogens is 391 g/mol. The van der Waals surface area contributed by atoms with Crippen molar-refractivity contribution in [3.63, 3.8) is 0 Å². The second-order valence-corrected chi connectivity index (χ2v) is 7.11. The SMILES string of the molecule is O=C(O[C@H](C(=O)Nc1ccc(F)cc1)c1ccccc1)c1ccc2ncsc2c1. The Morgan fingerprint density at radius 1 is 1.00 bits per heavy atom. The molecule has 0 aliphatic rings. The number of nitrogens with one attached hydrogen (secondary N) is 1. The molecule has 1 atom stereocenters. The van der Waals surface area contributed by atoms with Crippen molar-refractivity contribution in [1.29, 1.82) is 0 Å². The predicted molar refractivity (Wildman–Crippen MR) is 109 cm³/mol. The number of benzene rings is 3. The van der Waals surface area contributed by atoms with Gasteiger partial charge in [0.1, 0.15) is 5.82 Å². The minimum atomic E-state index is -1.16. The Morgan fingerprint density at radius 2 is 1.76 bits per heavy atom. The lowest BCUT2D eigenvalue weighted by molar-refractivity contribution is -0.125. The Kier molecular flexibility index (Phi) is 5.31. The van der Waals surface area contributed by atoms with E-state index >= 15 is 0 Å². The van der Waals surface area contributed by atoms with Crippen LogP contribution < -0.4 is 5.32 Å². The highest BCUT2D eigenvalue weighted by atomic mass is 32.1. The first-order valence-corrected chi connectivity index (χ1v) is 9.64. The number of thiazole rings is 1. The highest BCUT2D eigenvalue weighted by molar-refractivity contribution is 7.16. The fraction of sp³-hybridized carbons (Fsp3) is 0.0455. The van der Waals surface area contributed by atoms with Crippen LogP contribution in [0.25, 0.3) is 10.2 Å². The summed E-state index contributed by atoms with van der Waals surface area (Å²) in [4.78, 5) is 29.8. The third-order valence-electron chi connectivity index (χ3n) is 4.24. The molecule has 0 bridgehead atoms. The van der Waals surface area contributed by atoms with E-state index in [0.29, 0.717) is 16.8 Å². The molecule has 29 heavy (non-hydrogen) atoms. The van der Waals surface area contributed by atoms with Crippen molar-refractivity contribution in [1.82, 2.24) is 4.98 Å². The van der Waals surface area contributed by atoms with Crippen molar-refractivity contribution in [3.05, 3.63) is 95.3 Å². The number of carbonyl (C=O) groups is 2. The summed E-state index contributed by atoms with van der Waals surface area (Å²) in [5.74, 6) is -1.56. The second kappa shape index (κ2) is 8.20. The summed E-state index contributed by atoms with van der Waals surface area (Å²) in [6.45, 7) is 0. The molecule has 144 valence electrons. The second-order valence-electron chi connectivity index (χ2n) is 6.23. The predicted octanol–water partition coefficient (Wildman–Crippen LogP) is 4.97. The molecule has 0 saturated heterocycles. The first-order valence-electron chi connectivity index (χ1n) is 8.76. The van der Waals surface area contributed by atoms with Crippen LogP contribution >= 0.6 is 11.3 Å². The van der Waals surface area contributed by atoms with Crippen LogP contribution in [0, 0.1) is 5.82 Å². The Labute approximate surface area is 169 Å². The number of ether oxygens (including phenoxy) is 1. The molecule has 4 rings (SSSR count).